The molecule has 0 spiro atoms. The van der Waals surface area contributed by atoms with E-state index in [0.29, 0.717) is 6.61 Å². The molecule has 0 amide bonds. The van der Waals surface area contributed by atoms with Crippen LogP contribution in [0.15, 0.2) is 0 Å². The highest BCUT2D eigenvalue weighted by molar-refractivity contribution is 5.72. The maximum atomic E-state index is 9.82. The molecular formula is C8H18O6. The van der Waals surface area contributed by atoms with Crippen molar-refractivity contribution >= 4 is 18.2 Å². The van der Waals surface area contributed by atoms with Gasteiger partial charge in [-0.2, -0.15) is 0 Å². The normalized spacial score (nSPS) is 6.00. The molecule has 86 valence electrons. The summed E-state index contributed by atoms with van der Waals surface area (Å²) in [7, 11) is 0. The van der Waals surface area contributed by atoms with E-state index in [-0.39, 0.29) is 23.7 Å². The van der Waals surface area contributed by atoms with Gasteiger partial charge in [0, 0.05) is 6.92 Å². The van der Waals surface area contributed by atoms with Crippen LogP contribution >= 0.6 is 0 Å². The van der Waals surface area contributed by atoms with Crippen molar-refractivity contribution < 1.29 is 29.7 Å². The average Bonchev–Trinajstić information content (AvgIpc) is 1.86. The number of carboxylic acid groups (broad SMARTS) is 1. The second-order valence-electron chi connectivity index (χ2n) is 1.94. The van der Waals surface area contributed by atoms with E-state index in [0.717, 1.165) is 0 Å². The number of ketones is 1. The largest absolute Gasteiger partial charge is 0.483 e. The number of hydrogen-bond acceptors (Lipinski definition) is 4. The summed E-state index contributed by atoms with van der Waals surface area (Å²) in [6.45, 7) is 6.46. The molecule has 0 aromatic heterocycles. The van der Waals surface area contributed by atoms with Gasteiger partial charge in [-0.15, -0.1) is 0 Å². The molecule has 0 aliphatic heterocycles. The van der Waals surface area contributed by atoms with Crippen molar-refractivity contribution in [3.05, 3.63) is 0 Å². The fourth-order valence-corrected chi connectivity index (χ4v) is 0.203. The van der Waals surface area contributed by atoms with Crippen molar-refractivity contribution in [3.8, 4) is 0 Å². The van der Waals surface area contributed by atoms with E-state index < -0.39 is 0 Å². The molecule has 0 aliphatic rings. The number of hydrogen-bond donors (Lipinski definition) is 1. The van der Waals surface area contributed by atoms with E-state index in [1.165, 1.54) is 20.8 Å². The molecule has 6 heteroatoms. The zero-order chi connectivity index (χ0) is 11.3. The lowest BCUT2D eigenvalue weighted by Crippen LogP contribution is -1.95. The molecule has 0 aromatic carbocycles. The third kappa shape index (κ3) is 393. The third-order valence-electron chi connectivity index (χ3n) is 0.348. The van der Waals surface area contributed by atoms with Gasteiger partial charge in [0.2, 0.25) is 0 Å². The first-order valence-corrected chi connectivity index (χ1v) is 3.60. The minimum absolute atomic E-state index is 0. The predicted molar refractivity (Wildman–Crippen MR) is 51.0 cm³/mol. The molecule has 0 saturated heterocycles. The number of ether oxygens (including phenoxy) is 1. The molecule has 0 radical (unpaired) electrons. The molecule has 3 N–H and O–H groups in total. The second-order valence-corrected chi connectivity index (χ2v) is 1.94. The van der Waals surface area contributed by atoms with E-state index in [2.05, 4.69) is 4.74 Å². The zero-order valence-corrected chi connectivity index (χ0v) is 8.86. The molecule has 6 nitrogen and oxygen atoms in total. The Bertz CT molecular complexity index is 139. The summed E-state index contributed by atoms with van der Waals surface area (Å²) in [6.07, 6.45) is 0. The minimum atomic E-state index is -0.250. The Morgan fingerprint density at radius 1 is 1.29 bits per heavy atom. The summed E-state index contributed by atoms with van der Waals surface area (Å²) in [5.41, 5.74) is 0. The Hall–Kier alpha value is -1.43. The lowest BCUT2D eigenvalue weighted by atomic mass is 10.6. The van der Waals surface area contributed by atoms with Gasteiger partial charge in [-0.1, -0.05) is 0 Å². The Balaban J connectivity index is -0.0000000553. The molecule has 0 fully saturated rings. The van der Waals surface area contributed by atoms with Crippen LogP contribution in [0.1, 0.15) is 27.7 Å². The smallest absolute Gasteiger partial charge is 0.302 e. The quantitative estimate of drug-likeness (QED) is 0.485. The fraction of sp³-hybridized carbons (Fsp3) is 0.625. The highest BCUT2D eigenvalue weighted by Gasteiger charge is 1.81. The maximum Gasteiger partial charge on any atom is 0.302 e. The van der Waals surface area contributed by atoms with Crippen LogP contribution in [0.5, 0.6) is 0 Å². The first-order chi connectivity index (χ1) is 5.92. The summed E-state index contributed by atoms with van der Waals surface area (Å²) < 4.78 is 4.40. The molecule has 14 heavy (non-hydrogen) atoms. The van der Waals surface area contributed by atoms with Gasteiger partial charge >= 0.3 is 5.97 Å². The van der Waals surface area contributed by atoms with Gasteiger partial charge in [-0.25, -0.2) is 0 Å². The van der Waals surface area contributed by atoms with Gasteiger partial charge in [0.15, 0.2) is 0 Å². The van der Waals surface area contributed by atoms with Crippen LogP contribution in [0.4, 0.5) is 0 Å². The van der Waals surface area contributed by atoms with E-state index in [1.54, 1.807) is 6.92 Å². The zero-order valence-electron chi connectivity index (χ0n) is 8.86. The lowest BCUT2D eigenvalue weighted by Gasteiger charge is -1.89. The molecule has 0 bridgehead atoms. The van der Waals surface area contributed by atoms with Crippen LogP contribution in [0, 0.1) is 0 Å². The highest BCUT2D eigenvalue weighted by Crippen LogP contribution is 1.69. The molecule has 0 heterocycles. The van der Waals surface area contributed by atoms with Crippen LogP contribution in [-0.2, 0) is 19.1 Å². The Morgan fingerprint density at radius 2 is 1.50 bits per heavy atom. The fourth-order valence-electron chi connectivity index (χ4n) is 0.203. The van der Waals surface area contributed by atoms with Crippen LogP contribution in [0.2, 0.25) is 0 Å². The molecule has 0 saturated carbocycles. The van der Waals surface area contributed by atoms with Gasteiger partial charge < -0.3 is 20.1 Å². The monoisotopic (exact) mass is 210 g/mol. The molecule has 0 unspecified atom stereocenters. The SMILES string of the molecule is CC(C)=O.CCOC(C)=O.O.O=CO. The molecule has 0 aromatic rings. The van der Waals surface area contributed by atoms with Crippen molar-refractivity contribution in [3.63, 3.8) is 0 Å². The highest BCUT2D eigenvalue weighted by atomic mass is 16.5. The van der Waals surface area contributed by atoms with Gasteiger partial charge in [0.05, 0.1) is 6.61 Å². The van der Waals surface area contributed by atoms with Crippen molar-refractivity contribution in [2.45, 2.75) is 27.7 Å². The van der Waals surface area contributed by atoms with Crippen LogP contribution < -0.4 is 0 Å². The van der Waals surface area contributed by atoms with Crippen molar-refractivity contribution in [2.24, 2.45) is 0 Å². The topological polar surface area (TPSA) is 112 Å². The number of carbonyl (C=O) groups is 3. The van der Waals surface area contributed by atoms with E-state index in [4.69, 9.17) is 9.90 Å². The van der Waals surface area contributed by atoms with Crippen molar-refractivity contribution in [1.82, 2.24) is 0 Å². The number of Topliss-reactive ketones (excluding diaryl/α,β-unsaturated/α-hetero) is 1. The van der Waals surface area contributed by atoms with E-state index in [1.807, 2.05) is 0 Å². The number of carbonyl (C=O) groups excluding carboxylic acids is 2. The number of esters is 1. The Kier molecular flexibility index (Phi) is 36.9. The van der Waals surface area contributed by atoms with E-state index >= 15 is 0 Å². The summed E-state index contributed by atoms with van der Waals surface area (Å²) >= 11 is 0. The molecule has 0 aliphatic carbocycles. The Morgan fingerprint density at radius 3 is 1.50 bits per heavy atom. The standard InChI is InChI=1S/C4H8O2.C3H6O.CH2O2.H2O/c1-3-6-4(2)5;1-3(2)4;2-1-3;/h3H2,1-2H3;1-2H3;1H,(H,2,3);1H2. The first kappa shape index (κ1) is 22.9. The molecule has 0 atom stereocenters. The van der Waals surface area contributed by atoms with Gasteiger partial charge in [0.1, 0.15) is 5.78 Å². The van der Waals surface area contributed by atoms with Gasteiger partial charge in [-0.05, 0) is 20.8 Å². The van der Waals surface area contributed by atoms with Crippen molar-refractivity contribution in [2.75, 3.05) is 6.61 Å². The first-order valence-electron chi connectivity index (χ1n) is 3.60. The Labute approximate surface area is 83.2 Å². The van der Waals surface area contributed by atoms with E-state index in [9.17, 15) is 9.59 Å². The summed E-state index contributed by atoms with van der Waals surface area (Å²) in [6, 6.07) is 0. The van der Waals surface area contributed by atoms with Gasteiger partial charge in [-0.3, -0.25) is 9.59 Å². The summed E-state index contributed by atoms with van der Waals surface area (Å²) in [5, 5.41) is 6.89. The maximum absolute atomic E-state index is 9.82. The minimum Gasteiger partial charge on any atom is -0.483 e. The van der Waals surface area contributed by atoms with Crippen LogP contribution in [-0.4, -0.2) is 35.4 Å². The molecule has 0 rings (SSSR count). The van der Waals surface area contributed by atoms with Crippen LogP contribution in [0.25, 0.3) is 0 Å². The second kappa shape index (κ2) is 22.6. The number of rotatable bonds is 1. The predicted octanol–water partition coefficient (Wildman–Crippen LogP) is 0.0408. The lowest BCUT2D eigenvalue weighted by molar-refractivity contribution is -0.140. The summed E-state index contributed by atoms with van der Waals surface area (Å²) in [4.78, 5) is 27.6. The van der Waals surface area contributed by atoms with Crippen LogP contribution in [0.3, 0.4) is 0 Å². The average molecular weight is 210 g/mol. The summed E-state index contributed by atoms with van der Waals surface area (Å²) in [5.74, 6) is -0.0440. The molecular weight excluding hydrogens is 192 g/mol. The van der Waals surface area contributed by atoms with Crippen molar-refractivity contribution in [1.29, 1.82) is 0 Å². The third-order valence-corrected chi connectivity index (χ3v) is 0.348. The van der Waals surface area contributed by atoms with Gasteiger partial charge in [0.25, 0.3) is 6.47 Å².